The highest BCUT2D eigenvalue weighted by molar-refractivity contribution is 6.18. The molecule has 4 N–H and O–H groups in total. The van der Waals surface area contributed by atoms with Gasteiger partial charge in [-0.2, -0.15) is 10.0 Å². The zero-order valence-electron chi connectivity index (χ0n) is 12.5. The number of aliphatic hydroxyl groups excluding tert-OH is 2. The molecular formula is C10H18Cl2N6O6. The number of aliphatic hydroxyl groups is 2. The Kier molecular flexibility index (Phi) is 11.7. The predicted octanol–water partition coefficient (Wildman–Crippen LogP) is -0.428. The van der Waals surface area contributed by atoms with Crippen LogP contribution < -0.4 is 10.6 Å². The van der Waals surface area contributed by atoms with Crippen molar-refractivity contribution in [2.45, 2.75) is 12.2 Å². The van der Waals surface area contributed by atoms with Crippen molar-refractivity contribution in [1.82, 2.24) is 20.7 Å². The molecule has 0 spiro atoms. The van der Waals surface area contributed by atoms with Gasteiger partial charge in [0.15, 0.2) is 0 Å². The fourth-order valence-corrected chi connectivity index (χ4v) is 1.58. The Bertz CT molecular complexity index is 393. The Morgan fingerprint density at radius 3 is 1.46 bits per heavy atom. The first-order valence-corrected chi connectivity index (χ1v) is 7.73. The first kappa shape index (κ1) is 22.2. The molecule has 0 aromatic carbocycles. The van der Waals surface area contributed by atoms with Crippen molar-refractivity contribution >= 4 is 35.3 Å². The second kappa shape index (κ2) is 12.6. The van der Waals surface area contributed by atoms with Crippen molar-refractivity contribution in [2.75, 3.05) is 37.9 Å². The van der Waals surface area contributed by atoms with E-state index in [2.05, 4.69) is 21.2 Å². The third kappa shape index (κ3) is 8.19. The van der Waals surface area contributed by atoms with Crippen LogP contribution in [0.5, 0.6) is 0 Å². The largest absolute Gasteiger partial charge is 0.388 e. The van der Waals surface area contributed by atoms with Gasteiger partial charge >= 0.3 is 12.1 Å². The van der Waals surface area contributed by atoms with E-state index in [-0.39, 0.29) is 24.8 Å². The van der Waals surface area contributed by atoms with Crippen LogP contribution in [-0.4, -0.2) is 82.4 Å². The number of nitrogens with zero attached hydrogens (tertiary/aromatic N) is 4. The summed E-state index contributed by atoms with van der Waals surface area (Å²) in [5.74, 6) is 0.196. The van der Waals surface area contributed by atoms with Crippen molar-refractivity contribution in [3.63, 3.8) is 0 Å². The van der Waals surface area contributed by atoms with Crippen LogP contribution >= 0.6 is 23.2 Å². The average Bonchev–Trinajstić information content (AvgIpc) is 2.59. The van der Waals surface area contributed by atoms with E-state index in [0.29, 0.717) is 10.0 Å². The number of rotatable bonds is 11. The summed E-state index contributed by atoms with van der Waals surface area (Å²) in [5.41, 5.74) is 0. The van der Waals surface area contributed by atoms with Gasteiger partial charge in [-0.25, -0.2) is 9.59 Å². The first-order valence-electron chi connectivity index (χ1n) is 6.66. The second-order valence-electron chi connectivity index (χ2n) is 4.30. The van der Waals surface area contributed by atoms with Crippen LogP contribution in [0.25, 0.3) is 0 Å². The summed E-state index contributed by atoms with van der Waals surface area (Å²) in [7, 11) is 0. The van der Waals surface area contributed by atoms with Gasteiger partial charge in [-0.3, -0.25) is 0 Å². The fourth-order valence-electron chi connectivity index (χ4n) is 1.40. The maximum Gasteiger partial charge on any atom is 0.340 e. The normalized spacial score (nSPS) is 12.7. The monoisotopic (exact) mass is 388 g/mol. The lowest BCUT2D eigenvalue weighted by Crippen LogP contribution is -2.48. The lowest BCUT2D eigenvalue weighted by atomic mass is 10.2. The summed E-state index contributed by atoms with van der Waals surface area (Å²) >= 11 is 10.7. The minimum absolute atomic E-state index is 0.0641. The summed E-state index contributed by atoms with van der Waals surface area (Å²) in [6.45, 7) is -1.22. The van der Waals surface area contributed by atoms with Gasteiger partial charge in [-0.05, 0) is 0 Å². The molecule has 4 amide bonds. The van der Waals surface area contributed by atoms with Crippen molar-refractivity contribution in [3.05, 3.63) is 9.81 Å². The molecule has 0 aromatic heterocycles. The maximum atomic E-state index is 11.5. The summed E-state index contributed by atoms with van der Waals surface area (Å²) in [6, 6.07) is -1.86. The SMILES string of the molecule is O=NN(CC(O)C(O)CN(N=O)C(=O)NCCCl)C(=O)NCCCl. The molecule has 12 nitrogen and oxygen atoms in total. The van der Waals surface area contributed by atoms with Crippen molar-refractivity contribution in [1.29, 1.82) is 0 Å². The number of alkyl halides is 2. The Morgan fingerprint density at radius 1 is 0.875 bits per heavy atom. The highest BCUT2D eigenvalue weighted by atomic mass is 35.5. The van der Waals surface area contributed by atoms with Crippen LogP contribution in [-0.2, 0) is 0 Å². The number of hydrogen-bond donors (Lipinski definition) is 4. The quantitative estimate of drug-likeness (QED) is 0.213. The highest BCUT2D eigenvalue weighted by Crippen LogP contribution is 2.03. The molecule has 14 heteroatoms. The van der Waals surface area contributed by atoms with E-state index in [1.54, 1.807) is 0 Å². The molecule has 0 aliphatic rings. The number of halogens is 2. The van der Waals surface area contributed by atoms with E-state index in [1.807, 2.05) is 0 Å². The van der Waals surface area contributed by atoms with E-state index in [0.717, 1.165) is 0 Å². The van der Waals surface area contributed by atoms with Crippen molar-refractivity contribution in [3.8, 4) is 0 Å². The lowest BCUT2D eigenvalue weighted by molar-refractivity contribution is -0.00855. The Morgan fingerprint density at radius 2 is 1.21 bits per heavy atom. The molecule has 0 radical (unpaired) electrons. The Labute approximate surface area is 146 Å². The number of nitroso groups, excluding NO2 is 2. The molecular weight excluding hydrogens is 371 g/mol. The van der Waals surface area contributed by atoms with Crippen molar-refractivity contribution < 1.29 is 19.8 Å². The average molecular weight is 389 g/mol. The smallest absolute Gasteiger partial charge is 0.340 e. The molecule has 0 fully saturated rings. The Balaban J connectivity index is 4.58. The number of urea groups is 2. The first-order chi connectivity index (χ1) is 11.4. The molecule has 0 heterocycles. The van der Waals surface area contributed by atoms with E-state index < -0.39 is 37.4 Å². The van der Waals surface area contributed by atoms with Gasteiger partial charge in [0.1, 0.15) is 12.2 Å². The summed E-state index contributed by atoms with van der Waals surface area (Å²) in [6.07, 6.45) is -3.34. The summed E-state index contributed by atoms with van der Waals surface area (Å²) in [4.78, 5) is 44.2. The van der Waals surface area contributed by atoms with Crippen LogP contribution in [0.1, 0.15) is 0 Å². The molecule has 24 heavy (non-hydrogen) atoms. The zero-order valence-corrected chi connectivity index (χ0v) is 14.0. The molecule has 0 bridgehead atoms. The number of carbonyl (C=O) groups excluding carboxylic acids is 2. The molecule has 138 valence electrons. The predicted molar refractivity (Wildman–Crippen MR) is 85.3 cm³/mol. The van der Waals surface area contributed by atoms with Crippen LogP contribution in [0.3, 0.4) is 0 Å². The standard InChI is InChI=1S/C10H18Cl2N6O6/c11-1-3-13-9(21)17(15-23)5-7(19)8(20)6-18(16-24)10(22)14-4-2-12/h7-8,19-20H,1-6H2,(H,13,21)(H,14,22). The van der Waals surface area contributed by atoms with Gasteiger partial charge in [0.05, 0.1) is 23.7 Å². The highest BCUT2D eigenvalue weighted by Gasteiger charge is 2.27. The Hall–Kier alpha value is -1.76. The van der Waals surface area contributed by atoms with Crippen LogP contribution in [0.4, 0.5) is 9.59 Å². The number of hydrogen-bond acceptors (Lipinski definition) is 8. The topological polar surface area (TPSA) is 164 Å². The third-order valence-electron chi connectivity index (χ3n) is 2.57. The number of amides is 4. The minimum Gasteiger partial charge on any atom is -0.388 e. The summed E-state index contributed by atoms with van der Waals surface area (Å²) < 4.78 is 0. The van der Waals surface area contributed by atoms with Gasteiger partial charge in [-0.1, -0.05) is 0 Å². The molecule has 0 saturated heterocycles. The van der Waals surface area contributed by atoms with E-state index in [1.165, 1.54) is 0 Å². The van der Waals surface area contributed by atoms with E-state index in [9.17, 15) is 29.6 Å². The number of carbonyl (C=O) groups is 2. The fraction of sp³-hybridized carbons (Fsp3) is 0.800. The molecule has 0 aliphatic heterocycles. The molecule has 2 atom stereocenters. The molecule has 2 unspecified atom stereocenters. The second-order valence-corrected chi connectivity index (χ2v) is 5.06. The molecule has 0 aliphatic carbocycles. The van der Waals surface area contributed by atoms with E-state index >= 15 is 0 Å². The minimum atomic E-state index is -1.67. The van der Waals surface area contributed by atoms with Crippen LogP contribution in [0.2, 0.25) is 0 Å². The zero-order chi connectivity index (χ0) is 18.5. The van der Waals surface area contributed by atoms with Crippen molar-refractivity contribution in [2.24, 2.45) is 10.6 Å². The molecule has 0 saturated carbocycles. The maximum absolute atomic E-state index is 11.5. The van der Waals surface area contributed by atoms with Gasteiger partial charge in [0.25, 0.3) is 0 Å². The van der Waals surface area contributed by atoms with Gasteiger partial charge in [0, 0.05) is 24.8 Å². The van der Waals surface area contributed by atoms with Crippen LogP contribution in [0.15, 0.2) is 10.6 Å². The van der Waals surface area contributed by atoms with E-state index in [4.69, 9.17) is 23.2 Å². The van der Waals surface area contributed by atoms with Gasteiger partial charge < -0.3 is 20.8 Å². The number of nitrogens with one attached hydrogen (secondary N) is 2. The lowest BCUT2D eigenvalue weighted by Gasteiger charge is -2.24. The molecule has 0 rings (SSSR count). The van der Waals surface area contributed by atoms with Gasteiger partial charge in [-0.15, -0.1) is 33.0 Å². The molecule has 0 aromatic rings. The third-order valence-corrected chi connectivity index (χ3v) is 2.95. The van der Waals surface area contributed by atoms with Gasteiger partial charge in [0.2, 0.25) is 0 Å². The van der Waals surface area contributed by atoms with Crippen LogP contribution in [0, 0.1) is 9.81 Å². The summed E-state index contributed by atoms with van der Waals surface area (Å²) in [5, 5.41) is 29.5.